The van der Waals surface area contributed by atoms with Crippen molar-refractivity contribution in [2.24, 2.45) is 0 Å². The van der Waals surface area contributed by atoms with Gasteiger partial charge in [-0.2, -0.15) is 0 Å². The second-order valence-electron chi connectivity index (χ2n) is 6.32. The predicted molar refractivity (Wildman–Crippen MR) is 106 cm³/mol. The minimum atomic E-state index is -1.17. The van der Waals surface area contributed by atoms with E-state index in [1.807, 2.05) is 6.07 Å². The molecular formula is C20H18BrFN2O4. The van der Waals surface area contributed by atoms with Crippen molar-refractivity contribution in [3.63, 3.8) is 0 Å². The van der Waals surface area contributed by atoms with Gasteiger partial charge in [0, 0.05) is 28.0 Å². The maximum Gasteiger partial charge on any atom is 0.326 e. The molecule has 0 fully saturated rings. The Morgan fingerprint density at radius 1 is 1.29 bits per heavy atom. The summed E-state index contributed by atoms with van der Waals surface area (Å²) in [5.74, 6) is -1.61. The zero-order valence-corrected chi connectivity index (χ0v) is 16.5. The Morgan fingerprint density at radius 2 is 2.07 bits per heavy atom. The summed E-state index contributed by atoms with van der Waals surface area (Å²) in [7, 11) is 0. The van der Waals surface area contributed by atoms with Gasteiger partial charge in [-0.25, -0.2) is 9.18 Å². The van der Waals surface area contributed by atoms with Gasteiger partial charge in [0.2, 0.25) is 0 Å². The van der Waals surface area contributed by atoms with Gasteiger partial charge >= 0.3 is 5.97 Å². The molecule has 0 aliphatic heterocycles. The zero-order chi connectivity index (χ0) is 20.3. The first-order valence-corrected chi connectivity index (χ1v) is 9.33. The molecule has 2 unspecified atom stereocenters. The molecule has 1 aromatic heterocycles. The number of hydrogen-bond donors (Lipinski definition) is 3. The third kappa shape index (κ3) is 4.69. The van der Waals surface area contributed by atoms with Gasteiger partial charge in [-0.05, 0) is 48.9 Å². The number of aromatic nitrogens is 1. The number of benzene rings is 2. The van der Waals surface area contributed by atoms with Crippen molar-refractivity contribution >= 4 is 38.7 Å². The van der Waals surface area contributed by atoms with Crippen LogP contribution in [0.2, 0.25) is 0 Å². The third-order valence-electron chi connectivity index (χ3n) is 4.25. The van der Waals surface area contributed by atoms with Crippen LogP contribution < -0.4 is 10.1 Å². The number of carboxylic acids is 1. The van der Waals surface area contributed by atoms with Gasteiger partial charge in [0.25, 0.3) is 5.91 Å². The number of halogens is 2. The van der Waals surface area contributed by atoms with Gasteiger partial charge in [0.05, 0.1) is 0 Å². The van der Waals surface area contributed by atoms with Crippen molar-refractivity contribution in [3.05, 3.63) is 64.5 Å². The van der Waals surface area contributed by atoms with E-state index in [1.54, 1.807) is 37.4 Å². The zero-order valence-electron chi connectivity index (χ0n) is 14.9. The normalized spacial score (nSPS) is 13.1. The van der Waals surface area contributed by atoms with Crippen LogP contribution in [0.25, 0.3) is 10.9 Å². The van der Waals surface area contributed by atoms with E-state index < -0.39 is 24.0 Å². The highest BCUT2D eigenvalue weighted by Gasteiger charge is 2.25. The molecule has 6 nitrogen and oxygen atoms in total. The van der Waals surface area contributed by atoms with Gasteiger partial charge < -0.3 is 20.1 Å². The first-order valence-electron chi connectivity index (χ1n) is 8.54. The standard InChI is InChI=1S/C20H18BrFN2O4/c1-11(28-15-4-2-3-13(21)8-15)19(25)24-18(20(26)27)7-12-10-23-17-9-14(22)5-6-16(12)17/h2-6,8-11,18,23H,7H2,1H3,(H,24,25)(H,26,27). The first kappa shape index (κ1) is 19.9. The van der Waals surface area contributed by atoms with Gasteiger partial charge in [-0.1, -0.05) is 22.0 Å². The van der Waals surface area contributed by atoms with Gasteiger partial charge in [0.1, 0.15) is 17.6 Å². The molecule has 2 aromatic carbocycles. The van der Waals surface area contributed by atoms with Gasteiger partial charge in [0.15, 0.2) is 6.10 Å². The van der Waals surface area contributed by atoms with Crippen LogP contribution in [0.4, 0.5) is 4.39 Å². The van der Waals surface area contributed by atoms with Crippen molar-refractivity contribution in [1.82, 2.24) is 10.3 Å². The highest BCUT2D eigenvalue weighted by molar-refractivity contribution is 9.10. The van der Waals surface area contributed by atoms with Gasteiger partial charge in [-0.3, -0.25) is 4.79 Å². The highest BCUT2D eigenvalue weighted by Crippen LogP contribution is 2.21. The summed E-state index contributed by atoms with van der Waals surface area (Å²) in [5.41, 5.74) is 1.24. The summed E-state index contributed by atoms with van der Waals surface area (Å²) in [4.78, 5) is 27.0. The van der Waals surface area contributed by atoms with E-state index in [4.69, 9.17) is 4.74 Å². The molecule has 3 rings (SSSR count). The largest absolute Gasteiger partial charge is 0.481 e. The molecular weight excluding hydrogens is 431 g/mol. The average molecular weight is 449 g/mol. The number of aliphatic carboxylic acids is 1. The van der Waals surface area contributed by atoms with Gasteiger partial charge in [-0.15, -0.1) is 0 Å². The summed E-state index contributed by atoms with van der Waals surface area (Å²) in [6, 6.07) is 10.1. The highest BCUT2D eigenvalue weighted by atomic mass is 79.9. The Balaban J connectivity index is 1.69. The smallest absolute Gasteiger partial charge is 0.326 e. The lowest BCUT2D eigenvalue weighted by Crippen LogP contribution is -2.47. The summed E-state index contributed by atoms with van der Waals surface area (Å²) < 4.78 is 19.7. The molecule has 3 N–H and O–H groups in total. The lowest BCUT2D eigenvalue weighted by atomic mass is 10.0. The van der Waals surface area contributed by atoms with E-state index in [2.05, 4.69) is 26.2 Å². The lowest BCUT2D eigenvalue weighted by Gasteiger charge is -2.19. The summed E-state index contributed by atoms with van der Waals surface area (Å²) >= 11 is 3.32. The molecule has 0 aliphatic carbocycles. The maximum atomic E-state index is 13.3. The van der Waals surface area contributed by atoms with Crippen LogP contribution in [0, 0.1) is 5.82 Å². The lowest BCUT2D eigenvalue weighted by molar-refractivity contribution is -0.142. The Labute approximate surface area is 168 Å². The van der Waals surface area contributed by atoms with E-state index in [0.717, 1.165) is 4.47 Å². The van der Waals surface area contributed by atoms with E-state index in [9.17, 15) is 19.1 Å². The molecule has 3 aromatic rings. The van der Waals surface area contributed by atoms with E-state index >= 15 is 0 Å². The van der Waals surface area contributed by atoms with Crippen LogP contribution in [-0.2, 0) is 16.0 Å². The number of amides is 1. The number of hydrogen-bond acceptors (Lipinski definition) is 3. The van der Waals surface area contributed by atoms with E-state index in [0.29, 0.717) is 22.2 Å². The van der Waals surface area contributed by atoms with Crippen molar-refractivity contribution in [1.29, 1.82) is 0 Å². The molecule has 0 bridgehead atoms. The number of aromatic amines is 1. The number of carboxylic acid groups (broad SMARTS) is 1. The topological polar surface area (TPSA) is 91.4 Å². The third-order valence-corrected chi connectivity index (χ3v) is 4.74. The Hall–Kier alpha value is -2.87. The molecule has 0 spiro atoms. The minimum Gasteiger partial charge on any atom is -0.481 e. The summed E-state index contributed by atoms with van der Waals surface area (Å²) in [6.07, 6.45) is 0.789. The molecule has 2 atom stereocenters. The number of carbonyl (C=O) groups excluding carboxylic acids is 1. The average Bonchev–Trinajstić information content (AvgIpc) is 3.02. The summed E-state index contributed by atoms with van der Waals surface area (Å²) in [6.45, 7) is 1.55. The monoisotopic (exact) mass is 448 g/mol. The first-order chi connectivity index (χ1) is 13.3. The number of H-pyrrole nitrogens is 1. The number of nitrogens with one attached hydrogen (secondary N) is 2. The fraction of sp³-hybridized carbons (Fsp3) is 0.200. The van der Waals surface area contributed by atoms with Crippen molar-refractivity contribution in [3.8, 4) is 5.75 Å². The van der Waals surface area contributed by atoms with Crippen molar-refractivity contribution < 1.29 is 23.8 Å². The maximum absolute atomic E-state index is 13.3. The molecule has 0 saturated heterocycles. The van der Waals surface area contributed by atoms with Crippen LogP contribution in [0.15, 0.2) is 53.1 Å². The molecule has 0 saturated carbocycles. The van der Waals surface area contributed by atoms with Crippen LogP contribution in [0.5, 0.6) is 5.75 Å². The minimum absolute atomic E-state index is 0.0519. The Morgan fingerprint density at radius 3 is 2.79 bits per heavy atom. The second-order valence-corrected chi connectivity index (χ2v) is 7.24. The van der Waals surface area contributed by atoms with Crippen LogP contribution in [0.3, 0.4) is 0 Å². The quantitative estimate of drug-likeness (QED) is 0.514. The molecule has 1 heterocycles. The fourth-order valence-corrected chi connectivity index (χ4v) is 3.21. The van der Waals surface area contributed by atoms with Crippen LogP contribution >= 0.6 is 15.9 Å². The molecule has 28 heavy (non-hydrogen) atoms. The molecule has 1 amide bonds. The molecule has 146 valence electrons. The number of carbonyl (C=O) groups is 2. The van der Waals surface area contributed by atoms with Crippen molar-refractivity contribution in [2.75, 3.05) is 0 Å². The Bertz CT molecular complexity index is 1020. The second kappa shape index (κ2) is 8.43. The fourth-order valence-electron chi connectivity index (χ4n) is 2.83. The number of ether oxygens (including phenoxy) is 1. The molecule has 0 aliphatic rings. The van der Waals surface area contributed by atoms with Crippen LogP contribution in [-0.4, -0.2) is 34.1 Å². The summed E-state index contributed by atoms with van der Waals surface area (Å²) in [5, 5.41) is 12.7. The SMILES string of the molecule is CC(Oc1cccc(Br)c1)C(=O)NC(Cc1c[nH]c2cc(F)ccc12)C(=O)O. The molecule has 0 radical (unpaired) electrons. The Kier molecular flexibility index (Phi) is 5.99. The van der Waals surface area contributed by atoms with E-state index in [-0.39, 0.29) is 12.2 Å². The number of fused-ring (bicyclic) bond motifs is 1. The number of rotatable bonds is 7. The van der Waals surface area contributed by atoms with E-state index in [1.165, 1.54) is 12.1 Å². The van der Waals surface area contributed by atoms with Crippen LogP contribution in [0.1, 0.15) is 12.5 Å². The molecule has 8 heteroatoms. The van der Waals surface area contributed by atoms with Crippen molar-refractivity contribution in [2.45, 2.75) is 25.5 Å². The predicted octanol–water partition coefficient (Wildman–Crippen LogP) is 3.65.